The van der Waals surface area contributed by atoms with Crippen molar-refractivity contribution < 1.29 is 9.53 Å². The van der Waals surface area contributed by atoms with Gasteiger partial charge in [0.15, 0.2) is 0 Å². The van der Waals surface area contributed by atoms with Gasteiger partial charge in [-0.25, -0.2) is 4.79 Å². The highest BCUT2D eigenvalue weighted by Gasteiger charge is 2.53. The topological polar surface area (TPSA) is 68.6 Å². The summed E-state index contributed by atoms with van der Waals surface area (Å²) in [5.74, 6) is 0.976. The minimum Gasteiger partial charge on any atom is -0.446 e. The van der Waals surface area contributed by atoms with E-state index in [0.29, 0.717) is 5.92 Å². The number of carbonyl (C=O) groups is 1. The molecule has 1 N–H and O–H groups in total. The van der Waals surface area contributed by atoms with Gasteiger partial charge < -0.3 is 19.9 Å². The lowest BCUT2D eigenvalue weighted by atomic mass is 9.59. The lowest BCUT2D eigenvalue weighted by molar-refractivity contribution is 0.0307. The van der Waals surface area contributed by atoms with Crippen molar-refractivity contribution in [3.05, 3.63) is 66.2 Å². The number of para-hydroxylation sites is 1. The van der Waals surface area contributed by atoms with Crippen LogP contribution in [-0.2, 0) is 10.2 Å². The summed E-state index contributed by atoms with van der Waals surface area (Å²) in [6, 6.07) is 23.8. The van der Waals surface area contributed by atoms with Gasteiger partial charge in [0.05, 0.1) is 11.5 Å². The highest BCUT2D eigenvalue weighted by molar-refractivity contribution is 5.67. The van der Waals surface area contributed by atoms with Crippen LogP contribution in [0.3, 0.4) is 0 Å². The SMILES string of the molecule is CNC(=O)O[C@H]1CCC[C@@H]1C(C#N)(c1ccccc1)C1CCN(CC2CN(c3ccccc3)C2)CC1. The van der Waals surface area contributed by atoms with Crippen LogP contribution in [0.4, 0.5) is 10.5 Å². The predicted octanol–water partition coefficient (Wildman–Crippen LogP) is 4.82. The molecule has 2 aromatic carbocycles. The molecule has 2 aliphatic heterocycles. The normalized spacial score (nSPS) is 24.9. The minimum atomic E-state index is -0.636. The quantitative estimate of drug-likeness (QED) is 0.608. The van der Waals surface area contributed by atoms with Crippen LogP contribution in [0.5, 0.6) is 0 Å². The van der Waals surface area contributed by atoms with Crippen LogP contribution in [-0.4, -0.2) is 56.9 Å². The summed E-state index contributed by atoms with van der Waals surface area (Å²) in [7, 11) is 1.60. The zero-order valence-electron chi connectivity index (χ0n) is 21.3. The maximum atomic E-state index is 12.1. The van der Waals surface area contributed by atoms with Crippen LogP contribution in [0.1, 0.15) is 37.7 Å². The number of alkyl carbamates (subject to hydrolysis) is 1. The molecular weight excluding hydrogens is 448 g/mol. The molecule has 190 valence electrons. The monoisotopic (exact) mass is 486 g/mol. The number of rotatable bonds is 7. The van der Waals surface area contributed by atoms with Crippen LogP contribution in [0.25, 0.3) is 0 Å². The number of hydrogen-bond acceptors (Lipinski definition) is 5. The fraction of sp³-hybridized carbons (Fsp3) is 0.533. The van der Waals surface area contributed by atoms with E-state index in [9.17, 15) is 10.1 Å². The number of nitrogens with one attached hydrogen (secondary N) is 1. The van der Waals surface area contributed by atoms with E-state index in [2.05, 4.69) is 63.7 Å². The Morgan fingerprint density at radius 2 is 1.69 bits per heavy atom. The summed E-state index contributed by atoms with van der Waals surface area (Å²) in [4.78, 5) is 17.2. The third kappa shape index (κ3) is 4.82. The van der Waals surface area contributed by atoms with Crippen molar-refractivity contribution in [1.29, 1.82) is 5.26 Å². The molecule has 1 saturated carbocycles. The Morgan fingerprint density at radius 3 is 2.33 bits per heavy atom. The maximum absolute atomic E-state index is 12.1. The van der Waals surface area contributed by atoms with Crippen molar-refractivity contribution in [1.82, 2.24) is 10.2 Å². The summed E-state index contributed by atoms with van der Waals surface area (Å²) in [6.07, 6.45) is 4.12. The zero-order valence-corrected chi connectivity index (χ0v) is 21.3. The van der Waals surface area contributed by atoms with Crippen molar-refractivity contribution in [2.45, 2.75) is 43.6 Å². The Bertz CT molecular complexity index is 1040. The molecule has 0 aromatic heterocycles. The number of ether oxygens (including phenoxy) is 1. The number of amides is 1. The summed E-state index contributed by atoms with van der Waals surface area (Å²) in [6.45, 7) is 5.42. The standard InChI is InChI=1S/C30H38N4O2/c1-32-29(35)36-28-14-8-13-27(28)30(22-31,24-9-4-2-5-10-24)25-15-17-33(18-16-25)19-23-20-34(21-23)26-11-6-3-7-12-26/h2-7,9-12,23,25,27-28H,8,13-21H2,1H3,(H,32,35)/t27-,28-,30?/m0/s1. The molecular formula is C30H38N4O2. The molecule has 0 radical (unpaired) electrons. The number of piperidine rings is 1. The Balaban J connectivity index is 1.26. The first-order chi connectivity index (χ1) is 17.6. The third-order valence-electron chi connectivity index (χ3n) is 8.76. The molecule has 2 aromatic rings. The second-order valence-corrected chi connectivity index (χ2v) is 10.8. The summed E-state index contributed by atoms with van der Waals surface area (Å²) in [5, 5.41) is 13.4. The van der Waals surface area contributed by atoms with Gasteiger partial charge in [-0.3, -0.25) is 0 Å². The lowest BCUT2D eigenvalue weighted by Crippen LogP contribution is -2.54. The van der Waals surface area contributed by atoms with Crippen LogP contribution in [0.2, 0.25) is 0 Å². The number of likely N-dealkylation sites (tertiary alicyclic amines) is 1. The molecule has 36 heavy (non-hydrogen) atoms. The average Bonchev–Trinajstić information content (AvgIpc) is 3.37. The number of nitrogens with zero attached hydrogens (tertiary/aromatic N) is 3. The van der Waals surface area contributed by atoms with E-state index in [1.54, 1.807) is 7.05 Å². The van der Waals surface area contributed by atoms with Crippen molar-refractivity contribution in [3.63, 3.8) is 0 Å². The van der Waals surface area contributed by atoms with Crippen LogP contribution < -0.4 is 10.2 Å². The Hall–Kier alpha value is -3.04. The molecule has 6 nitrogen and oxygen atoms in total. The molecule has 6 heteroatoms. The van der Waals surface area contributed by atoms with Gasteiger partial charge in [-0.05, 0) is 68.8 Å². The van der Waals surface area contributed by atoms with Crippen LogP contribution in [0.15, 0.2) is 60.7 Å². The third-order valence-corrected chi connectivity index (χ3v) is 8.76. The van der Waals surface area contributed by atoms with E-state index >= 15 is 0 Å². The molecule has 1 amide bonds. The van der Waals surface area contributed by atoms with Gasteiger partial charge in [0.1, 0.15) is 6.10 Å². The molecule has 3 aliphatic rings. The van der Waals surface area contributed by atoms with E-state index in [0.717, 1.165) is 70.4 Å². The van der Waals surface area contributed by atoms with E-state index in [1.807, 2.05) is 18.2 Å². The number of anilines is 1. The van der Waals surface area contributed by atoms with Gasteiger partial charge in [-0.1, -0.05) is 48.5 Å². The summed E-state index contributed by atoms with van der Waals surface area (Å²) < 4.78 is 5.82. The Kier molecular flexibility index (Phi) is 7.48. The second-order valence-electron chi connectivity index (χ2n) is 10.8. The lowest BCUT2D eigenvalue weighted by Gasteiger charge is -2.47. The van der Waals surface area contributed by atoms with E-state index in [-0.39, 0.29) is 17.9 Å². The minimum absolute atomic E-state index is 0.0183. The number of benzene rings is 2. The Morgan fingerprint density at radius 1 is 1.03 bits per heavy atom. The van der Waals surface area contributed by atoms with Gasteiger partial charge in [-0.15, -0.1) is 0 Å². The molecule has 1 aliphatic carbocycles. The fourth-order valence-electron chi connectivity index (χ4n) is 6.96. The van der Waals surface area contributed by atoms with Crippen molar-refractivity contribution >= 4 is 11.8 Å². The first-order valence-corrected chi connectivity index (χ1v) is 13.5. The van der Waals surface area contributed by atoms with E-state index in [4.69, 9.17) is 4.74 Å². The number of hydrogen-bond donors (Lipinski definition) is 1. The molecule has 2 saturated heterocycles. The zero-order chi connectivity index (χ0) is 25.0. The largest absolute Gasteiger partial charge is 0.446 e. The van der Waals surface area contributed by atoms with Crippen LogP contribution in [0, 0.1) is 29.1 Å². The van der Waals surface area contributed by atoms with Gasteiger partial charge in [0, 0.05) is 44.2 Å². The fourth-order valence-corrected chi connectivity index (χ4v) is 6.96. The van der Waals surface area contributed by atoms with Crippen molar-refractivity contribution in [2.24, 2.45) is 17.8 Å². The van der Waals surface area contributed by atoms with E-state index in [1.165, 1.54) is 5.69 Å². The smallest absolute Gasteiger partial charge is 0.407 e. The first kappa shape index (κ1) is 24.6. The van der Waals surface area contributed by atoms with Crippen molar-refractivity contribution in [2.75, 3.05) is 44.7 Å². The van der Waals surface area contributed by atoms with Gasteiger partial charge in [0.25, 0.3) is 0 Å². The highest BCUT2D eigenvalue weighted by Crippen LogP contribution is 2.51. The predicted molar refractivity (Wildman–Crippen MR) is 142 cm³/mol. The first-order valence-electron chi connectivity index (χ1n) is 13.5. The number of carbonyl (C=O) groups excluding carboxylic acids is 1. The molecule has 0 bridgehead atoms. The van der Waals surface area contributed by atoms with Gasteiger partial charge >= 0.3 is 6.09 Å². The van der Waals surface area contributed by atoms with E-state index < -0.39 is 11.5 Å². The van der Waals surface area contributed by atoms with Crippen molar-refractivity contribution in [3.8, 4) is 6.07 Å². The molecule has 3 atom stereocenters. The molecule has 3 fully saturated rings. The molecule has 2 heterocycles. The average molecular weight is 487 g/mol. The highest BCUT2D eigenvalue weighted by atomic mass is 16.6. The molecule has 1 unspecified atom stereocenters. The Labute approximate surface area is 215 Å². The van der Waals surface area contributed by atoms with Gasteiger partial charge in [-0.2, -0.15) is 5.26 Å². The maximum Gasteiger partial charge on any atom is 0.407 e. The summed E-state index contributed by atoms with van der Waals surface area (Å²) in [5.41, 5.74) is 1.77. The summed E-state index contributed by atoms with van der Waals surface area (Å²) >= 11 is 0. The van der Waals surface area contributed by atoms with Gasteiger partial charge in [0.2, 0.25) is 0 Å². The second kappa shape index (κ2) is 10.9. The molecule has 5 rings (SSSR count). The number of nitriles is 1. The van der Waals surface area contributed by atoms with Crippen LogP contribution >= 0.6 is 0 Å². The molecule has 0 spiro atoms.